The van der Waals surface area contributed by atoms with Gasteiger partial charge in [0.2, 0.25) is 5.91 Å². The van der Waals surface area contributed by atoms with Gasteiger partial charge in [-0.25, -0.2) is 0 Å². The molecule has 2 amide bonds. The minimum absolute atomic E-state index is 0.171. The smallest absolute Gasteiger partial charge is 0.263 e. The monoisotopic (exact) mass is 304 g/mol. The minimum atomic E-state index is -0.805. The molecule has 0 radical (unpaired) electrons. The second-order valence-electron chi connectivity index (χ2n) is 3.97. The third-order valence-corrected chi connectivity index (χ3v) is 3.14. The fraction of sp³-hybridized carbons (Fsp3) is 0.333. The van der Waals surface area contributed by atoms with Crippen LogP contribution < -0.4 is 10.5 Å². The van der Waals surface area contributed by atoms with Crippen LogP contribution >= 0.6 is 23.2 Å². The first-order valence-corrected chi connectivity index (χ1v) is 6.22. The standard InChI is InChI=1S/C12H14Cl2N2O3/c1-7(12(18)16(2)6-10(15)17)19-9-5-3-4-8(13)11(9)14/h3-5,7H,6H2,1-2H3,(H2,15,17)/t7-/m0/s1. The Labute approximate surface area is 121 Å². The second-order valence-corrected chi connectivity index (χ2v) is 4.76. The Morgan fingerprint density at radius 1 is 1.42 bits per heavy atom. The number of amides is 2. The third-order valence-electron chi connectivity index (χ3n) is 2.34. The molecule has 1 aromatic carbocycles. The van der Waals surface area contributed by atoms with Crippen LogP contribution in [0.4, 0.5) is 0 Å². The average Bonchev–Trinajstić information content (AvgIpc) is 2.33. The predicted octanol–water partition coefficient (Wildman–Crippen LogP) is 1.70. The van der Waals surface area contributed by atoms with Gasteiger partial charge in [-0.2, -0.15) is 0 Å². The number of ether oxygens (including phenoxy) is 1. The van der Waals surface area contributed by atoms with E-state index in [0.717, 1.165) is 0 Å². The summed E-state index contributed by atoms with van der Waals surface area (Å²) in [7, 11) is 1.46. The van der Waals surface area contributed by atoms with Crippen molar-refractivity contribution >= 4 is 35.0 Å². The maximum Gasteiger partial charge on any atom is 0.263 e. The molecule has 0 saturated carbocycles. The van der Waals surface area contributed by atoms with E-state index in [-0.39, 0.29) is 17.5 Å². The molecule has 0 aromatic heterocycles. The van der Waals surface area contributed by atoms with E-state index in [1.165, 1.54) is 11.9 Å². The summed E-state index contributed by atoms with van der Waals surface area (Å²) in [6.07, 6.45) is -0.805. The van der Waals surface area contributed by atoms with Gasteiger partial charge in [-0.05, 0) is 19.1 Å². The van der Waals surface area contributed by atoms with Crippen LogP contribution in [0.3, 0.4) is 0 Å². The van der Waals surface area contributed by atoms with Crippen LogP contribution in [0, 0.1) is 0 Å². The molecular weight excluding hydrogens is 291 g/mol. The quantitative estimate of drug-likeness (QED) is 0.900. The lowest BCUT2D eigenvalue weighted by atomic mass is 10.3. The molecule has 5 nitrogen and oxygen atoms in total. The Bertz CT molecular complexity index is 494. The Morgan fingerprint density at radius 3 is 2.63 bits per heavy atom. The first-order chi connectivity index (χ1) is 8.82. The van der Waals surface area contributed by atoms with Crippen molar-refractivity contribution in [1.82, 2.24) is 4.90 Å². The van der Waals surface area contributed by atoms with Crippen LogP contribution in [0.25, 0.3) is 0 Å². The highest BCUT2D eigenvalue weighted by atomic mass is 35.5. The number of benzene rings is 1. The number of hydrogen-bond donors (Lipinski definition) is 1. The third kappa shape index (κ3) is 4.29. The summed E-state index contributed by atoms with van der Waals surface area (Å²) in [6, 6.07) is 4.88. The fourth-order valence-corrected chi connectivity index (χ4v) is 1.77. The second kappa shape index (κ2) is 6.63. The van der Waals surface area contributed by atoms with Crippen LogP contribution in [0.5, 0.6) is 5.75 Å². The van der Waals surface area contributed by atoms with Crippen molar-refractivity contribution in [3.63, 3.8) is 0 Å². The van der Waals surface area contributed by atoms with E-state index < -0.39 is 12.0 Å². The molecule has 0 unspecified atom stereocenters. The van der Waals surface area contributed by atoms with Crippen LogP contribution in [0.15, 0.2) is 18.2 Å². The number of nitrogens with two attached hydrogens (primary N) is 1. The minimum Gasteiger partial charge on any atom is -0.479 e. The molecular formula is C12H14Cl2N2O3. The Morgan fingerprint density at radius 2 is 2.05 bits per heavy atom. The van der Waals surface area contributed by atoms with E-state index >= 15 is 0 Å². The Kier molecular flexibility index (Phi) is 5.44. The molecule has 0 bridgehead atoms. The lowest BCUT2D eigenvalue weighted by molar-refractivity contribution is -0.139. The van der Waals surface area contributed by atoms with Crippen LogP contribution in [-0.4, -0.2) is 36.4 Å². The first kappa shape index (κ1) is 15.6. The van der Waals surface area contributed by atoms with E-state index in [2.05, 4.69) is 0 Å². The van der Waals surface area contributed by atoms with Gasteiger partial charge in [0.25, 0.3) is 5.91 Å². The summed E-state index contributed by atoms with van der Waals surface area (Å²) in [5.41, 5.74) is 5.02. The fourth-order valence-electron chi connectivity index (χ4n) is 1.44. The normalized spacial score (nSPS) is 11.8. The highest BCUT2D eigenvalue weighted by Gasteiger charge is 2.21. The maximum absolute atomic E-state index is 11.9. The Balaban J connectivity index is 2.74. The van der Waals surface area contributed by atoms with E-state index in [1.54, 1.807) is 25.1 Å². The van der Waals surface area contributed by atoms with E-state index in [9.17, 15) is 9.59 Å². The van der Waals surface area contributed by atoms with E-state index in [1.807, 2.05) is 0 Å². The molecule has 0 aliphatic heterocycles. The molecule has 0 heterocycles. The predicted molar refractivity (Wildman–Crippen MR) is 73.4 cm³/mol. The Hall–Kier alpha value is -1.46. The van der Waals surface area contributed by atoms with Crippen molar-refractivity contribution in [1.29, 1.82) is 0 Å². The molecule has 1 aromatic rings. The topological polar surface area (TPSA) is 72.6 Å². The van der Waals surface area contributed by atoms with E-state index in [0.29, 0.717) is 10.8 Å². The number of hydrogen-bond acceptors (Lipinski definition) is 3. The van der Waals surface area contributed by atoms with Gasteiger partial charge < -0.3 is 15.4 Å². The van der Waals surface area contributed by atoms with Gasteiger partial charge in [0.05, 0.1) is 11.6 Å². The van der Waals surface area contributed by atoms with Crippen molar-refractivity contribution < 1.29 is 14.3 Å². The van der Waals surface area contributed by atoms with Crippen molar-refractivity contribution in [2.75, 3.05) is 13.6 Å². The molecule has 104 valence electrons. The molecule has 0 saturated heterocycles. The number of halogens is 2. The SMILES string of the molecule is C[C@H](Oc1cccc(Cl)c1Cl)C(=O)N(C)CC(N)=O. The van der Waals surface area contributed by atoms with Gasteiger partial charge in [0.15, 0.2) is 6.10 Å². The van der Waals surface area contributed by atoms with Crippen molar-refractivity contribution in [3.8, 4) is 5.75 Å². The van der Waals surface area contributed by atoms with Gasteiger partial charge in [0.1, 0.15) is 10.8 Å². The molecule has 0 fully saturated rings. The molecule has 0 aliphatic carbocycles. The lowest BCUT2D eigenvalue weighted by Crippen LogP contribution is -2.42. The summed E-state index contributed by atoms with van der Waals surface area (Å²) < 4.78 is 5.43. The van der Waals surface area contributed by atoms with Crippen LogP contribution in [-0.2, 0) is 9.59 Å². The molecule has 7 heteroatoms. The molecule has 19 heavy (non-hydrogen) atoms. The number of carbonyl (C=O) groups excluding carboxylic acids is 2. The summed E-state index contributed by atoms with van der Waals surface area (Å²) in [4.78, 5) is 23.8. The van der Waals surface area contributed by atoms with Gasteiger partial charge in [0, 0.05) is 7.05 Å². The molecule has 0 aliphatic rings. The first-order valence-electron chi connectivity index (χ1n) is 5.47. The van der Waals surface area contributed by atoms with Gasteiger partial charge in [-0.15, -0.1) is 0 Å². The number of nitrogens with zero attached hydrogens (tertiary/aromatic N) is 1. The summed E-state index contributed by atoms with van der Waals surface area (Å²) >= 11 is 11.8. The van der Waals surface area contributed by atoms with Crippen LogP contribution in [0.2, 0.25) is 10.0 Å². The lowest BCUT2D eigenvalue weighted by Gasteiger charge is -2.21. The zero-order valence-corrected chi connectivity index (χ0v) is 12.0. The van der Waals surface area contributed by atoms with Gasteiger partial charge >= 0.3 is 0 Å². The zero-order chi connectivity index (χ0) is 14.6. The number of carbonyl (C=O) groups is 2. The largest absolute Gasteiger partial charge is 0.479 e. The van der Waals surface area contributed by atoms with Crippen molar-refractivity contribution in [2.45, 2.75) is 13.0 Å². The number of rotatable bonds is 5. The number of primary amides is 1. The van der Waals surface area contributed by atoms with Gasteiger partial charge in [-0.1, -0.05) is 29.3 Å². The highest BCUT2D eigenvalue weighted by Crippen LogP contribution is 2.32. The summed E-state index contributed by atoms with van der Waals surface area (Å²) in [5, 5.41) is 0.575. The van der Waals surface area contributed by atoms with Gasteiger partial charge in [-0.3, -0.25) is 9.59 Å². The molecule has 0 spiro atoms. The summed E-state index contributed by atoms with van der Waals surface area (Å²) in [6.45, 7) is 1.38. The van der Waals surface area contributed by atoms with Crippen LogP contribution in [0.1, 0.15) is 6.92 Å². The molecule has 2 N–H and O–H groups in total. The van der Waals surface area contributed by atoms with E-state index in [4.69, 9.17) is 33.7 Å². The highest BCUT2D eigenvalue weighted by molar-refractivity contribution is 6.42. The van der Waals surface area contributed by atoms with Crippen molar-refractivity contribution in [3.05, 3.63) is 28.2 Å². The maximum atomic E-state index is 11.9. The zero-order valence-electron chi connectivity index (χ0n) is 10.5. The summed E-state index contributed by atoms with van der Waals surface area (Å²) in [5.74, 6) is -0.666. The molecule has 1 rings (SSSR count). The van der Waals surface area contributed by atoms with Crippen molar-refractivity contribution in [2.24, 2.45) is 5.73 Å². The average molecular weight is 305 g/mol. The molecule has 1 atom stereocenters. The number of likely N-dealkylation sites (N-methyl/N-ethyl adjacent to an activating group) is 1.